The van der Waals surface area contributed by atoms with E-state index < -0.39 is 11.9 Å². The molecule has 1 unspecified atom stereocenters. The molecular formula is C16H17N5O3. The van der Waals surface area contributed by atoms with Gasteiger partial charge in [-0.2, -0.15) is 0 Å². The molecule has 0 bridgehead atoms. The maximum absolute atomic E-state index is 12.6. The summed E-state index contributed by atoms with van der Waals surface area (Å²) >= 11 is 0. The summed E-state index contributed by atoms with van der Waals surface area (Å²) < 4.78 is 5.74. The number of hydrogen-bond donors (Lipinski definition) is 2. The topological polar surface area (TPSA) is 114 Å². The van der Waals surface area contributed by atoms with E-state index in [1.165, 1.54) is 11.2 Å². The number of nitrogens with one attached hydrogen (secondary N) is 1. The van der Waals surface area contributed by atoms with Gasteiger partial charge in [-0.25, -0.2) is 9.97 Å². The molecule has 0 aliphatic carbocycles. The Hall–Kier alpha value is -2.90. The summed E-state index contributed by atoms with van der Waals surface area (Å²) in [5.74, 6) is 0.725. The molecule has 8 nitrogen and oxygen atoms in total. The van der Waals surface area contributed by atoms with Crippen molar-refractivity contribution in [3.63, 3.8) is 0 Å². The highest BCUT2D eigenvalue weighted by Gasteiger charge is 2.34. The molecule has 4 heterocycles. The van der Waals surface area contributed by atoms with Gasteiger partial charge in [0.15, 0.2) is 11.5 Å². The molecule has 1 fully saturated rings. The predicted octanol–water partition coefficient (Wildman–Crippen LogP) is 0.794. The number of nitrogens with two attached hydrogens (primary N) is 1. The van der Waals surface area contributed by atoms with Gasteiger partial charge in [0.25, 0.3) is 5.91 Å². The fourth-order valence-corrected chi connectivity index (χ4v) is 3.35. The van der Waals surface area contributed by atoms with Gasteiger partial charge in [-0.3, -0.25) is 9.59 Å². The van der Waals surface area contributed by atoms with Crippen LogP contribution in [0.2, 0.25) is 0 Å². The van der Waals surface area contributed by atoms with Gasteiger partial charge in [-0.1, -0.05) is 0 Å². The Morgan fingerprint density at radius 3 is 3.04 bits per heavy atom. The molecule has 0 radical (unpaired) electrons. The molecule has 1 atom stereocenters. The van der Waals surface area contributed by atoms with Crippen molar-refractivity contribution >= 4 is 17.6 Å². The van der Waals surface area contributed by atoms with Crippen molar-refractivity contribution in [3.05, 3.63) is 29.8 Å². The van der Waals surface area contributed by atoms with E-state index in [-0.39, 0.29) is 11.7 Å². The van der Waals surface area contributed by atoms with Crippen LogP contribution in [-0.2, 0) is 11.2 Å². The zero-order valence-corrected chi connectivity index (χ0v) is 13.0. The number of nitrogens with zero attached hydrogens (tertiary/aromatic N) is 3. The van der Waals surface area contributed by atoms with Crippen LogP contribution in [0.5, 0.6) is 0 Å². The normalized spacial score (nSPS) is 19.2. The van der Waals surface area contributed by atoms with E-state index >= 15 is 0 Å². The molecule has 2 aliphatic heterocycles. The second-order valence-electron chi connectivity index (χ2n) is 5.95. The Morgan fingerprint density at radius 1 is 1.33 bits per heavy atom. The molecule has 0 spiro atoms. The third-order valence-corrected chi connectivity index (χ3v) is 4.51. The SMILES string of the molecule is NC(=O)C1CCCN1C(=O)c1ccc(-c2ncnc3c2CCN3)o1. The van der Waals surface area contributed by atoms with Crippen molar-refractivity contribution in [1.82, 2.24) is 14.9 Å². The lowest BCUT2D eigenvalue weighted by atomic mass is 10.1. The molecule has 2 aromatic rings. The quantitative estimate of drug-likeness (QED) is 0.861. The first-order valence-corrected chi connectivity index (χ1v) is 7.93. The molecular weight excluding hydrogens is 310 g/mol. The first-order chi connectivity index (χ1) is 11.6. The van der Waals surface area contributed by atoms with Crippen LogP contribution in [0.15, 0.2) is 22.9 Å². The predicted molar refractivity (Wildman–Crippen MR) is 85.2 cm³/mol. The number of carbonyl (C=O) groups excluding carboxylic acids is 2. The summed E-state index contributed by atoms with van der Waals surface area (Å²) in [4.78, 5) is 34.1. The highest BCUT2D eigenvalue weighted by Crippen LogP contribution is 2.31. The lowest BCUT2D eigenvalue weighted by Gasteiger charge is -2.20. The van der Waals surface area contributed by atoms with Gasteiger partial charge in [-0.15, -0.1) is 0 Å². The second kappa shape index (κ2) is 5.63. The molecule has 2 aliphatic rings. The highest BCUT2D eigenvalue weighted by molar-refractivity contribution is 5.96. The highest BCUT2D eigenvalue weighted by atomic mass is 16.4. The van der Waals surface area contributed by atoms with Gasteiger partial charge in [0.1, 0.15) is 23.9 Å². The van der Waals surface area contributed by atoms with E-state index in [1.807, 2.05) is 0 Å². The van der Waals surface area contributed by atoms with Gasteiger partial charge < -0.3 is 20.4 Å². The van der Waals surface area contributed by atoms with Crippen LogP contribution in [0.3, 0.4) is 0 Å². The van der Waals surface area contributed by atoms with Crippen LogP contribution in [-0.4, -0.2) is 45.8 Å². The van der Waals surface area contributed by atoms with Crippen LogP contribution in [0.1, 0.15) is 29.0 Å². The van der Waals surface area contributed by atoms with Crippen molar-refractivity contribution in [3.8, 4) is 11.5 Å². The number of likely N-dealkylation sites (tertiary alicyclic amines) is 1. The maximum atomic E-state index is 12.6. The lowest BCUT2D eigenvalue weighted by Crippen LogP contribution is -2.43. The number of aromatic nitrogens is 2. The molecule has 2 amide bonds. The molecule has 124 valence electrons. The lowest BCUT2D eigenvalue weighted by molar-refractivity contribution is -0.121. The Bertz CT molecular complexity index is 816. The van der Waals surface area contributed by atoms with Crippen LogP contribution in [0.25, 0.3) is 11.5 Å². The molecule has 0 saturated carbocycles. The zero-order chi connectivity index (χ0) is 16.7. The number of anilines is 1. The smallest absolute Gasteiger partial charge is 0.290 e. The van der Waals surface area contributed by atoms with Crippen LogP contribution in [0, 0.1) is 0 Å². The number of carbonyl (C=O) groups is 2. The minimum Gasteiger partial charge on any atom is -0.449 e. The third-order valence-electron chi connectivity index (χ3n) is 4.51. The summed E-state index contributed by atoms with van der Waals surface area (Å²) in [5.41, 5.74) is 7.05. The average molecular weight is 327 g/mol. The Kier molecular flexibility index (Phi) is 3.44. The van der Waals surface area contributed by atoms with Gasteiger partial charge in [0.2, 0.25) is 5.91 Å². The van der Waals surface area contributed by atoms with E-state index in [0.29, 0.717) is 24.4 Å². The first kappa shape index (κ1) is 14.7. The summed E-state index contributed by atoms with van der Waals surface area (Å²) in [6, 6.07) is 2.78. The van der Waals surface area contributed by atoms with Crippen LogP contribution < -0.4 is 11.1 Å². The van der Waals surface area contributed by atoms with Gasteiger partial charge in [0, 0.05) is 18.7 Å². The zero-order valence-electron chi connectivity index (χ0n) is 13.0. The number of furan rings is 1. The fraction of sp³-hybridized carbons (Fsp3) is 0.375. The van der Waals surface area contributed by atoms with Gasteiger partial charge >= 0.3 is 0 Å². The average Bonchev–Trinajstić information content (AvgIpc) is 3.31. The monoisotopic (exact) mass is 327 g/mol. The third kappa shape index (κ3) is 2.31. The molecule has 0 aromatic carbocycles. The number of primary amides is 1. The molecule has 4 rings (SSSR count). The Balaban J connectivity index is 1.63. The largest absolute Gasteiger partial charge is 0.449 e. The Labute approximate surface area is 138 Å². The van der Waals surface area contributed by atoms with Crippen molar-refractivity contribution in [2.45, 2.75) is 25.3 Å². The first-order valence-electron chi connectivity index (χ1n) is 7.93. The van der Waals surface area contributed by atoms with Crippen molar-refractivity contribution in [2.75, 3.05) is 18.4 Å². The van der Waals surface area contributed by atoms with Crippen molar-refractivity contribution in [2.24, 2.45) is 5.73 Å². The summed E-state index contributed by atoms with van der Waals surface area (Å²) in [7, 11) is 0. The van der Waals surface area contributed by atoms with E-state index in [1.54, 1.807) is 12.1 Å². The van der Waals surface area contributed by atoms with E-state index in [0.717, 1.165) is 30.8 Å². The number of fused-ring (bicyclic) bond motifs is 1. The van der Waals surface area contributed by atoms with Crippen molar-refractivity contribution in [1.29, 1.82) is 0 Å². The standard InChI is InChI=1S/C16H17N5O3/c17-14(22)10-2-1-7-21(10)16(23)12-4-3-11(24-12)13-9-5-6-18-15(9)20-8-19-13/h3-4,8,10H,1-2,5-7H2,(H2,17,22)(H,18,19,20). The molecule has 24 heavy (non-hydrogen) atoms. The second-order valence-corrected chi connectivity index (χ2v) is 5.95. The van der Waals surface area contributed by atoms with Crippen LogP contribution in [0.4, 0.5) is 5.82 Å². The Morgan fingerprint density at radius 2 is 2.21 bits per heavy atom. The fourth-order valence-electron chi connectivity index (χ4n) is 3.35. The summed E-state index contributed by atoms with van der Waals surface area (Å²) in [6.07, 6.45) is 3.64. The summed E-state index contributed by atoms with van der Waals surface area (Å²) in [5, 5.41) is 3.18. The molecule has 8 heteroatoms. The minimum absolute atomic E-state index is 0.191. The summed E-state index contributed by atoms with van der Waals surface area (Å²) in [6.45, 7) is 1.32. The van der Waals surface area contributed by atoms with Gasteiger partial charge in [-0.05, 0) is 31.4 Å². The molecule has 2 aromatic heterocycles. The molecule has 3 N–H and O–H groups in total. The number of hydrogen-bond acceptors (Lipinski definition) is 6. The van der Waals surface area contributed by atoms with E-state index in [9.17, 15) is 9.59 Å². The maximum Gasteiger partial charge on any atom is 0.290 e. The van der Waals surface area contributed by atoms with E-state index in [2.05, 4.69) is 15.3 Å². The number of rotatable bonds is 3. The van der Waals surface area contributed by atoms with Crippen molar-refractivity contribution < 1.29 is 14.0 Å². The number of amides is 2. The molecule has 1 saturated heterocycles. The van der Waals surface area contributed by atoms with Crippen LogP contribution >= 0.6 is 0 Å². The van der Waals surface area contributed by atoms with E-state index in [4.69, 9.17) is 10.2 Å². The minimum atomic E-state index is -0.557. The van der Waals surface area contributed by atoms with Gasteiger partial charge in [0.05, 0.1) is 0 Å².